The molecular formula is C22H19N3O7. The summed E-state index contributed by atoms with van der Waals surface area (Å²) >= 11 is 0. The Bertz CT molecular complexity index is 1220. The summed E-state index contributed by atoms with van der Waals surface area (Å²) in [5.74, 6) is -0.604. The van der Waals surface area contributed by atoms with Crippen molar-refractivity contribution in [3.05, 3.63) is 77.7 Å². The summed E-state index contributed by atoms with van der Waals surface area (Å²) < 4.78 is 21.6. The smallest absolute Gasteiger partial charge is 0.313 e. The van der Waals surface area contributed by atoms with E-state index in [2.05, 4.69) is 10.5 Å². The molecule has 0 bridgehead atoms. The Kier molecular flexibility index (Phi) is 6.33. The molecular weight excluding hydrogens is 418 g/mol. The molecule has 0 aliphatic heterocycles. The standard InChI is InChI=1S/C22H19N3O7/c26-21(24-28)18-12-19(25-32-18)29-11-10-23-22(27)20-16(13-30-14-6-2-1-3-7-14)15-8-4-5-9-17(15)31-20/h1-9,12,28H,10-11,13H2,(H,23,27)(H,24,26). The summed E-state index contributed by atoms with van der Waals surface area (Å²) in [6, 6.07) is 17.8. The van der Waals surface area contributed by atoms with E-state index >= 15 is 0 Å². The number of nitrogens with one attached hydrogen (secondary N) is 2. The molecule has 32 heavy (non-hydrogen) atoms. The van der Waals surface area contributed by atoms with Gasteiger partial charge in [0.1, 0.15) is 24.5 Å². The zero-order chi connectivity index (χ0) is 22.3. The molecule has 164 valence electrons. The van der Waals surface area contributed by atoms with Gasteiger partial charge in [0.2, 0.25) is 5.76 Å². The van der Waals surface area contributed by atoms with Crippen molar-refractivity contribution in [2.45, 2.75) is 6.61 Å². The number of amides is 2. The highest BCUT2D eigenvalue weighted by atomic mass is 16.5. The fraction of sp³-hybridized carbons (Fsp3) is 0.136. The van der Waals surface area contributed by atoms with Crippen LogP contribution in [0.2, 0.25) is 0 Å². The van der Waals surface area contributed by atoms with Crippen LogP contribution in [0.3, 0.4) is 0 Å². The molecule has 10 heteroatoms. The van der Waals surface area contributed by atoms with Crippen molar-refractivity contribution in [3.63, 3.8) is 0 Å². The van der Waals surface area contributed by atoms with Crippen LogP contribution in [0, 0.1) is 0 Å². The number of carbonyl (C=O) groups is 2. The summed E-state index contributed by atoms with van der Waals surface area (Å²) in [4.78, 5) is 24.0. The molecule has 4 rings (SSSR count). The summed E-state index contributed by atoms with van der Waals surface area (Å²) in [6.45, 7) is 0.368. The van der Waals surface area contributed by atoms with Crippen molar-refractivity contribution in [2.75, 3.05) is 13.2 Å². The number of ether oxygens (including phenoxy) is 2. The van der Waals surface area contributed by atoms with Crippen LogP contribution in [-0.2, 0) is 6.61 Å². The molecule has 0 radical (unpaired) electrons. The average molecular weight is 437 g/mol. The lowest BCUT2D eigenvalue weighted by Gasteiger charge is -2.08. The Morgan fingerprint density at radius 2 is 1.78 bits per heavy atom. The van der Waals surface area contributed by atoms with Crippen LogP contribution in [0.1, 0.15) is 26.7 Å². The van der Waals surface area contributed by atoms with Crippen molar-refractivity contribution in [3.8, 4) is 11.6 Å². The topological polar surface area (TPSA) is 136 Å². The Hall–Kier alpha value is -4.31. The second-order valence-corrected chi connectivity index (χ2v) is 6.58. The van der Waals surface area contributed by atoms with E-state index < -0.39 is 11.8 Å². The monoisotopic (exact) mass is 437 g/mol. The van der Waals surface area contributed by atoms with Gasteiger partial charge < -0.3 is 23.7 Å². The minimum absolute atomic E-state index is 0.0403. The maximum atomic E-state index is 12.8. The minimum atomic E-state index is -0.851. The summed E-state index contributed by atoms with van der Waals surface area (Å²) in [5, 5.41) is 15.6. The van der Waals surface area contributed by atoms with Gasteiger partial charge in [0, 0.05) is 10.9 Å². The van der Waals surface area contributed by atoms with Crippen LogP contribution in [0.15, 0.2) is 69.6 Å². The predicted molar refractivity (Wildman–Crippen MR) is 111 cm³/mol. The second-order valence-electron chi connectivity index (χ2n) is 6.58. The average Bonchev–Trinajstić information content (AvgIpc) is 3.45. The SMILES string of the molecule is O=C(NO)c1cc(OCCNC(=O)c2oc3ccccc3c2COc2ccccc2)no1. The molecule has 0 saturated carbocycles. The third kappa shape index (κ3) is 4.71. The number of benzene rings is 2. The number of furan rings is 1. The van der Waals surface area contributed by atoms with Gasteiger partial charge in [-0.3, -0.25) is 14.8 Å². The largest absolute Gasteiger partial charge is 0.489 e. The fourth-order valence-electron chi connectivity index (χ4n) is 2.99. The molecule has 2 aromatic carbocycles. The van der Waals surface area contributed by atoms with Gasteiger partial charge in [0.05, 0.1) is 12.6 Å². The molecule has 2 aromatic heterocycles. The predicted octanol–water partition coefficient (Wildman–Crippen LogP) is 2.93. The van der Waals surface area contributed by atoms with Gasteiger partial charge in [-0.2, -0.15) is 0 Å². The third-order valence-corrected chi connectivity index (χ3v) is 4.48. The number of nitrogens with zero attached hydrogens (tertiary/aromatic N) is 1. The van der Waals surface area contributed by atoms with E-state index in [-0.39, 0.29) is 37.2 Å². The van der Waals surface area contributed by atoms with Crippen LogP contribution in [0.4, 0.5) is 0 Å². The summed E-state index contributed by atoms with van der Waals surface area (Å²) in [6.07, 6.45) is 0. The summed E-state index contributed by atoms with van der Waals surface area (Å²) in [7, 11) is 0. The van der Waals surface area contributed by atoms with Gasteiger partial charge >= 0.3 is 5.91 Å². The number of para-hydroxylation sites is 2. The number of hydrogen-bond donors (Lipinski definition) is 3. The van der Waals surface area contributed by atoms with E-state index in [4.69, 9.17) is 23.6 Å². The highest BCUT2D eigenvalue weighted by molar-refractivity contribution is 5.99. The van der Waals surface area contributed by atoms with Crippen molar-refractivity contribution in [2.24, 2.45) is 0 Å². The van der Waals surface area contributed by atoms with Gasteiger partial charge in [-0.1, -0.05) is 36.4 Å². The van der Waals surface area contributed by atoms with Crippen LogP contribution in [0.25, 0.3) is 11.0 Å². The maximum Gasteiger partial charge on any atom is 0.313 e. The van der Waals surface area contributed by atoms with Crippen LogP contribution >= 0.6 is 0 Å². The highest BCUT2D eigenvalue weighted by Gasteiger charge is 2.21. The Balaban J connectivity index is 1.39. The first-order valence-corrected chi connectivity index (χ1v) is 9.66. The first kappa shape index (κ1) is 20.9. The maximum absolute atomic E-state index is 12.8. The summed E-state index contributed by atoms with van der Waals surface area (Å²) in [5.41, 5.74) is 2.65. The first-order chi connectivity index (χ1) is 15.7. The molecule has 0 atom stereocenters. The fourth-order valence-corrected chi connectivity index (χ4v) is 2.99. The van der Waals surface area contributed by atoms with Gasteiger partial charge in [-0.15, -0.1) is 0 Å². The van der Waals surface area contributed by atoms with E-state index in [1.165, 1.54) is 11.5 Å². The number of aromatic nitrogens is 1. The lowest BCUT2D eigenvalue weighted by Crippen LogP contribution is -2.28. The number of hydroxylamine groups is 1. The molecule has 0 unspecified atom stereocenters. The number of fused-ring (bicyclic) bond motifs is 1. The van der Waals surface area contributed by atoms with Gasteiger partial charge in [0.15, 0.2) is 5.76 Å². The van der Waals surface area contributed by atoms with E-state index in [0.717, 1.165) is 5.39 Å². The van der Waals surface area contributed by atoms with Gasteiger partial charge in [-0.25, -0.2) is 5.48 Å². The first-order valence-electron chi connectivity index (χ1n) is 9.66. The molecule has 2 heterocycles. The van der Waals surface area contributed by atoms with E-state index in [1.54, 1.807) is 6.07 Å². The normalized spacial score (nSPS) is 10.7. The second kappa shape index (κ2) is 9.67. The molecule has 2 amide bonds. The number of carbonyl (C=O) groups excluding carboxylic acids is 2. The highest BCUT2D eigenvalue weighted by Crippen LogP contribution is 2.27. The zero-order valence-electron chi connectivity index (χ0n) is 16.7. The Morgan fingerprint density at radius 3 is 2.59 bits per heavy atom. The number of rotatable bonds is 9. The van der Waals surface area contributed by atoms with Crippen molar-refractivity contribution < 1.29 is 33.2 Å². The Labute approximate surface area is 181 Å². The van der Waals surface area contributed by atoms with Crippen LogP contribution < -0.4 is 20.3 Å². The van der Waals surface area contributed by atoms with Gasteiger partial charge in [-0.05, 0) is 23.4 Å². The van der Waals surface area contributed by atoms with Crippen LogP contribution in [0.5, 0.6) is 11.6 Å². The quantitative estimate of drug-likeness (QED) is 0.207. The van der Waals surface area contributed by atoms with E-state index in [1.807, 2.05) is 48.5 Å². The molecule has 10 nitrogen and oxygen atoms in total. The van der Waals surface area contributed by atoms with Crippen molar-refractivity contribution in [1.29, 1.82) is 0 Å². The van der Waals surface area contributed by atoms with Crippen LogP contribution in [-0.4, -0.2) is 35.3 Å². The van der Waals surface area contributed by atoms with Crippen molar-refractivity contribution >= 4 is 22.8 Å². The van der Waals surface area contributed by atoms with Crippen molar-refractivity contribution in [1.82, 2.24) is 16.0 Å². The molecule has 0 aliphatic rings. The molecule has 0 saturated heterocycles. The van der Waals surface area contributed by atoms with E-state index in [9.17, 15) is 9.59 Å². The molecule has 0 fully saturated rings. The zero-order valence-corrected chi connectivity index (χ0v) is 16.7. The van der Waals surface area contributed by atoms with E-state index in [0.29, 0.717) is 16.9 Å². The molecule has 0 spiro atoms. The lowest BCUT2D eigenvalue weighted by molar-refractivity contribution is 0.0666. The molecule has 3 N–H and O–H groups in total. The Morgan fingerprint density at radius 1 is 1.00 bits per heavy atom. The minimum Gasteiger partial charge on any atom is -0.489 e. The molecule has 0 aliphatic carbocycles. The lowest BCUT2D eigenvalue weighted by atomic mass is 10.1. The molecule has 4 aromatic rings. The van der Waals surface area contributed by atoms with Gasteiger partial charge in [0.25, 0.3) is 11.8 Å². The third-order valence-electron chi connectivity index (χ3n) is 4.48. The number of hydrogen-bond acceptors (Lipinski definition) is 8.